The third-order valence-electron chi connectivity index (χ3n) is 2.02. The van der Waals surface area contributed by atoms with E-state index in [9.17, 15) is 4.79 Å². The van der Waals surface area contributed by atoms with Crippen molar-refractivity contribution < 1.29 is 4.79 Å². The lowest BCUT2D eigenvalue weighted by Crippen LogP contribution is -2.13. The summed E-state index contributed by atoms with van der Waals surface area (Å²) in [4.78, 5) is 13.3. The molecule has 0 spiro atoms. The van der Waals surface area contributed by atoms with Crippen molar-refractivity contribution in [3.63, 3.8) is 0 Å². The molecule has 1 heterocycles. The molecule has 0 saturated carbocycles. The SMILES string of the molecule is O=C1CCCC=C1N1CC1. The van der Waals surface area contributed by atoms with Crippen molar-refractivity contribution in [3.05, 3.63) is 11.8 Å². The van der Waals surface area contributed by atoms with Crippen LogP contribution >= 0.6 is 0 Å². The molecule has 0 aromatic carbocycles. The first-order chi connectivity index (χ1) is 4.88. The predicted molar refractivity (Wildman–Crippen MR) is 38.5 cm³/mol. The van der Waals surface area contributed by atoms with E-state index in [-0.39, 0.29) is 0 Å². The normalized spacial score (nSPS) is 24.6. The summed E-state index contributed by atoms with van der Waals surface area (Å²) in [6, 6.07) is 0. The Kier molecular flexibility index (Phi) is 1.26. The molecular weight excluding hydrogens is 126 g/mol. The average molecular weight is 137 g/mol. The van der Waals surface area contributed by atoms with E-state index in [4.69, 9.17) is 0 Å². The Morgan fingerprint density at radius 1 is 1.40 bits per heavy atom. The van der Waals surface area contributed by atoms with Crippen molar-refractivity contribution in [2.24, 2.45) is 0 Å². The number of hydrogen-bond acceptors (Lipinski definition) is 2. The van der Waals surface area contributed by atoms with Crippen molar-refractivity contribution in [2.75, 3.05) is 13.1 Å². The second kappa shape index (κ2) is 2.11. The zero-order valence-electron chi connectivity index (χ0n) is 5.97. The highest BCUT2D eigenvalue weighted by atomic mass is 16.1. The second-order valence-corrected chi connectivity index (χ2v) is 2.89. The van der Waals surface area contributed by atoms with Gasteiger partial charge in [-0.15, -0.1) is 0 Å². The number of carbonyl (C=O) groups is 1. The van der Waals surface area contributed by atoms with E-state index >= 15 is 0 Å². The zero-order valence-corrected chi connectivity index (χ0v) is 5.97. The van der Waals surface area contributed by atoms with Crippen LogP contribution in [0.4, 0.5) is 0 Å². The van der Waals surface area contributed by atoms with Crippen molar-refractivity contribution in [1.82, 2.24) is 4.90 Å². The summed E-state index contributed by atoms with van der Waals surface area (Å²) < 4.78 is 0. The Morgan fingerprint density at radius 3 is 2.80 bits per heavy atom. The fraction of sp³-hybridized carbons (Fsp3) is 0.625. The quantitative estimate of drug-likeness (QED) is 0.501. The van der Waals surface area contributed by atoms with E-state index < -0.39 is 0 Å². The van der Waals surface area contributed by atoms with Gasteiger partial charge in [-0.3, -0.25) is 4.79 Å². The molecule has 2 nitrogen and oxygen atoms in total. The topological polar surface area (TPSA) is 20.1 Å². The van der Waals surface area contributed by atoms with Crippen LogP contribution in [0.5, 0.6) is 0 Å². The first-order valence-corrected chi connectivity index (χ1v) is 3.86. The van der Waals surface area contributed by atoms with E-state index in [1.165, 1.54) is 0 Å². The Labute approximate surface area is 60.5 Å². The number of ketones is 1. The number of carbonyl (C=O) groups excluding carboxylic acids is 1. The number of rotatable bonds is 1. The molecule has 0 unspecified atom stereocenters. The van der Waals surface area contributed by atoms with Gasteiger partial charge in [0.1, 0.15) is 0 Å². The largest absolute Gasteiger partial charge is 0.365 e. The summed E-state index contributed by atoms with van der Waals surface area (Å²) in [5, 5.41) is 0. The first-order valence-electron chi connectivity index (χ1n) is 3.86. The highest BCUT2D eigenvalue weighted by Crippen LogP contribution is 2.22. The summed E-state index contributed by atoms with van der Waals surface area (Å²) in [6.45, 7) is 2.19. The molecule has 2 heteroatoms. The molecule has 0 radical (unpaired) electrons. The summed E-state index contributed by atoms with van der Waals surface area (Å²) in [5.41, 5.74) is 0.992. The van der Waals surface area contributed by atoms with Crippen LogP contribution in [0.3, 0.4) is 0 Å². The molecule has 2 aliphatic rings. The van der Waals surface area contributed by atoms with Crippen LogP contribution in [0.1, 0.15) is 19.3 Å². The summed E-state index contributed by atoms with van der Waals surface area (Å²) in [7, 11) is 0. The highest BCUT2D eigenvalue weighted by Gasteiger charge is 2.26. The molecular formula is C8H11NO. The maximum Gasteiger partial charge on any atom is 0.178 e. The Morgan fingerprint density at radius 2 is 2.20 bits per heavy atom. The van der Waals surface area contributed by atoms with Gasteiger partial charge < -0.3 is 4.90 Å². The maximum absolute atomic E-state index is 11.2. The van der Waals surface area contributed by atoms with Gasteiger partial charge in [0.25, 0.3) is 0 Å². The van der Waals surface area contributed by atoms with Gasteiger partial charge in [0.05, 0.1) is 5.70 Å². The third kappa shape index (κ3) is 0.939. The molecule has 0 aromatic rings. The minimum Gasteiger partial charge on any atom is -0.365 e. The molecule has 54 valence electrons. The molecule has 2 rings (SSSR count). The Balaban J connectivity index is 2.14. The van der Waals surface area contributed by atoms with E-state index in [1.807, 2.05) is 0 Å². The minimum atomic E-state index is 0.351. The van der Waals surface area contributed by atoms with Gasteiger partial charge in [-0.2, -0.15) is 0 Å². The van der Waals surface area contributed by atoms with Crippen molar-refractivity contribution in [2.45, 2.75) is 19.3 Å². The molecule has 1 saturated heterocycles. The molecule has 0 aromatic heterocycles. The second-order valence-electron chi connectivity index (χ2n) is 2.89. The van der Waals surface area contributed by atoms with Crippen molar-refractivity contribution >= 4 is 5.78 Å². The van der Waals surface area contributed by atoms with Crippen molar-refractivity contribution in [1.29, 1.82) is 0 Å². The van der Waals surface area contributed by atoms with Crippen molar-refractivity contribution in [3.8, 4) is 0 Å². The summed E-state index contributed by atoms with van der Waals surface area (Å²) in [6.07, 6.45) is 4.99. The lowest BCUT2D eigenvalue weighted by molar-refractivity contribution is -0.116. The lowest BCUT2D eigenvalue weighted by Gasteiger charge is -2.11. The van der Waals surface area contributed by atoms with Crippen LogP contribution in [0.15, 0.2) is 11.8 Å². The number of nitrogens with zero attached hydrogens (tertiary/aromatic N) is 1. The van der Waals surface area contributed by atoms with Gasteiger partial charge in [-0.1, -0.05) is 6.08 Å². The zero-order chi connectivity index (χ0) is 6.97. The van der Waals surface area contributed by atoms with Gasteiger partial charge in [0.15, 0.2) is 5.78 Å². The van der Waals surface area contributed by atoms with Gasteiger partial charge in [0, 0.05) is 19.5 Å². The predicted octanol–water partition coefficient (Wildman–Crippen LogP) is 0.939. The van der Waals surface area contributed by atoms with Gasteiger partial charge in [-0.25, -0.2) is 0 Å². The Hall–Kier alpha value is -0.790. The summed E-state index contributed by atoms with van der Waals surface area (Å²) >= 11 is 0. The van der Waals surface area contributed by atoms with Gasteiger partial charge >= 0.3 is 0 Å². The number of Topliss-reactive ketones (excluding diaryl/α,β-unsaturated/α-hetero) is 1. The fourth-order valence-corrected chi connectivity index (χ4v) is 1.34. The first kappa shape index (κ1) is 5.96. The number of allylic oxidation sites excluding steroid dienone is 2. The van der Waals surface area contributed by atoms with E-state index in [2.05, 4.69) is 11.0 Å². The monoisotopic (exact) mass is 137 g/mol. The van der Waals surface area contributed by atoms with E-state index in [0.717, 1.165) is 38.0 Å². The molecule has 1 aliphatic carbocycles. The minimum absolute atomic E-state index is 0.351. The molecule has 0 N–H and O–H groups in total. The molecule has 1 fully saturated rings. The third-order valence-corrected chi connectivity index (χ3v) is 2.02. The van der Waals surface area contributed by atoms with Crippen LogP contribution in [0, 0.1) is 0 Å². The van der Waals surface area contributed by atoms with Crippen LogP contribution in [-0.4, -0.2) is 23.8 Å². The molecule has 10 heavy (non-hydrogen) atoms. The van der Waals surface area contributed by atoms with E-state index in [1.54, 1.807) is 0 Å². The molecule has 0 atom stereocenters. The number of hydrogen-bond donors (Lipinski definition) is 0. The Bertz CT molecular complexity index is 191. The smallest absolute Gasteiger partial charge is 0.178 e. The van der Waals surface area contributed by atoms with Crippen LogP contribution in [0.25, 0.3) is 0 Å². The fourth-order valence-electron chi connectivity index (χ4n) is 1.34. The van der Waals surface area contributed by atoms with Crippen LogP contribution in [0.2, 0.25) is 0 Å². The lowest BCUT2D eigenvalue weighted by atomic mass is 10.0. The van der Waals surface area contributed by atoms with Crippen LogP contribution in [-0.2, 0) is 4.79 Å². The summed E-state index contributed by atoms with van der Waals surface area (Å²) in [5.74, 6) is 0.351. The van der Waals surface area contributed by atoms with Gasteiger partial charge in [0.2, 0.25) is 0 Å². The average Bonchev–Trinajstić information content (AvgIpc) is 2.71. The molecule has 0 amide bonds. The maximum atomic E-state index is 11.2. The highest BCUT2D eigenvalue weighted by molar-refractivity contribution is 5.95. The standard InChI is InChI=1S/C8H11NO/c10-8-4-2-1-3-7(8)9-5-6-9/h3H,1-2,4-6H2. The van der Waals surface area contributed by atoms with E-state index in [0.29, 0.717) is 5.78 Å². The van der Waals surface area contributed by atoms with Gasteiger partial charge in [-0.05, 0) is 12.8 Å². The van der Waals surface area contributed by atoms with Crippen LogP contribution < -0.4 is 0 Å². The molecule has 1 aliphatic heterocycles. The molecule has 0 bridgehead atoms.